The van der Waals surface area contributed by atoms with Gasteiger partial charge in [0.15, 0.2) is 5.75 Å². The Morgan fingerprint density at radius 1 is 1.30 bits per heavy atom. The number of nitrogens with zero attached hydrogens (tertiary/aromatic N) is 2. The maximum atomic E-state index is 13.1. The molecule has 8 nitrogen and oxygen atoms in total. The van der Waals surface area contributed by atoms with Crippen LogP contribution < -0.4 is 26.1 Å². The van der Waals surface area contributed by atoms with E-state index in [-0.39, 0.29) is 22.8 Å². The number of ether oxygens (including phenoxy) is 2. The second-order valence-electron chi connectivity index (χ2n) is 6.55. The molecular formula is C21H17N5O3S. The number of nitrogens with one attached hydrogen (secondary N) is 2. The molecule has 0 radical (unpaired) electrons. The minimum absolute atomic E-state index is 0.0605. The maximum Gasteiger partial charge on any atom is 0.256 e. The van der Waals surface area contributed by atoms with Crippen LogP contribution in [0.2, 0.25) is 0 Å². The van der Waals surface area contributed by atoms with Crippen molar-refractivity contribution in [1.82, 2.24) is 4.98 Å². The van der Waals surface area contributed by atoms with Crippen LogP contribution in [0.1, 0.15) is 29.5 Å². The van der Waals surface area contributed by atoms with E-state index in [0.717, 1.165) is 0 Å². The summed E-state index contributed by atoms with van der Waals surface area (Å²) in [4.78, 5) is 15.9. The molecule has 3 heterocycles. The van der Waals surface area contributed by atoms with Crippen LogP contribution in [0.15, 0.2) is 40.5 Å². The molecule has 0 unspecified atom stereocenters. The monoisotopic (exact) mass is 419 g/mol. The molecule has 1 aliphatic rings. The van der Waals surface area contributed by atoms with Crippen LogP contribution in [0, 0.1) is 22.7 Å². The fourth-order valence-electron chi connectivity index (χ4n) is 3.57. The minimum atomic E-state index is -0.701. The van der Waals surface area contributed by atoms with Crippen molar-refractivity contribution in [3.05, 3.63) is 62.8 Å². The van der Waals surface area contributed by atoms with Crippen LogP contribution in [-0.2, 0) is 0 Å². The first-order valence-electron chi connectivity index (χ1n) is 9.12. The highest BCUT2D eigenvalue weighted by atomic mass is 32.1. The van der Waals surface area contributed by atoms with E-state index in [2.05, 4.69) is 22.4 Å². The number of aromatic nitrogens is 1. The molecule has 30 heavy (non-hydrogen) atoms. The number of hydrogen-bond donors (Lipinski definition) is 3. The van der Waals surface area contributed by atoms with Crippen molar-refractivity contribution in [2.45, 2.75) is 12.8 Å². The van der Waals surface area contributed by atoms with Crippen LogP contribution in [0.25, 0.3) is 10.2 Å². The highest BCUT2D eigenvalue weighted by Gasteiger charge is 2.35. The molecule has 1 aromatic carbocycles. The first-order valence-corrected chi connectivity index (χ1v) is 9.93. The molecule has 4 N–H and O–H groups in total. The fourth-order valence-corrected chi connectivity index (χ4v) is 4.74. The van der Waals surface area contributed by atoms with Gasteiger partial charge in [-0.3, -0.25) is 4.79 Å². The van der Waals surface area contributed by atoms with Gasteiger partial charge in [-0.25, -0.2) is 0 Å². The van der Waals surface area contributed by atoms with Crippen LogP contribution in [0.3, 0.4) is 0 Å². The van der Waals surface area contributed by atoms with Crippen molar-refractivity contribution in [3.63, 3.8) is 0 Å². The maximum absolute atomic E-state index is 13.1. The lowest BCUT2D eigenvalue weighted by molar-refractivity contribution is 0.397. The molecule has 0 spiro atoms. The summed E-state index contributed by atoms with van der Waals surface area (Å²) in [5.41, 5.74) is 7.53. The predicted molar refractivity (Wildman–Crippen MR) is 114 cm³/mol. The average Bonchev–Trinajstić information content (AvgIpc) is 3.10. The number of methoxy groups -OCH3 is 1. The second kappa shape index (κ2) is 7.47. The van der Waals surface area contributed by atoms with E-state index in [0.29, 0.717) is 38.6 Å². The van der Waals surface area contributed by atoms with Crippen LogP contribution >= 0.6 is 11.3 Å². The zero-order valence-corrected chi connectivity index (χ0v) is 17.0. The summed E-state index contributed by atoms with van der Waals surface area (Å²) < 4.78 is 11.6. The van der Waals surface area contributed by atoms with E-state index in [1.165, 1.54) is 11.3 Å². The Hall–Kier alpha value is -3.95. The highest BCUT2D eigenvalue weighted by Crippen LogP contribution is 2.47. The normalized spacial score (nSPS) is 15.1. The van der Waals surface area contributed by atoms with Gasteiger partial charge >= 0.3 is 0 Å². The number of nitrogens with two attached hydrogens (primary N) is 1. The van der Waals surface area contributed by atoms with Gasteiger partial charge in [0.05, 0.1) is 28.8 Å². The number of H-pyrrole nitrogens is 1. The number of fused-ring (bicyclic) bond motifs is 3. The van der Waals surface area contributed by atoms with Crippen LogP contribution in [0.4, 0.5) is 5.00 Å². The second-order valence-corrected chi connectivity index (χ2v) is 7.57. The number of thiophene rings is 1. The van der Waals surface area contributed by atoms with Gasteiger partial charge in [0.25, 0.3) is 5.56 Å². The molecule has 3 aromatic rings. The van der Waals surface area contributed by atoms with E-state index in [1.54, 1.807) is 31.4 Å². The standard InChI is InChI=1S/C21H17N5O3S/c1-3-25-21-13(9-23)16-18(30-21)17-15(20(27)26-16)14(12(8-22)19(24)29-17)10-4-6-11(28-2)7-5-10/h4-7,14,25H,3,24H2,1-2H3,(H,26,27)/t14-/m0/s1. The highest BCUT2D eigenvalue weighted by molar-refractivity contribution is 7.23. The lowest BCUT2D eigenvalue weighted by atomic mass is 9.84. The molecule has 9 heteroatoms. The van der Waals surface area contributed by atoms with Gasteiger partial charge in [-0.05, 0) is 24.6 Å². The van der Waals surface area contributed by atoms with E-state index in [9.17, 15) is 15.3 Å². The molecule has 0 amide bonds. The summed E-state index contributed by atoms with van der Waals surface area (Å²) in [5.74, 6) is 0.164. The number of pyridine rings is 1. The number of aromatic amines is 1. The first-order chi connectivity index (χ1) is 14.5. The van der Waals surface area contributed by atoms with E-state index >= 15 is 0 Å². The SMILES string of the molecule is CCNc1sc2c3c(c(=O)[nH]c2c1C#N)[C@@H](c1ccc(OC)cc1)C(C#N)=C(N)O3. The smallest absolute Gasteiger partial charge is 0.256 e. The Morgan fingerprint density at radius 3 is 2.63 bits per heavy atom. The summed E-state index contributed by atoms with van der Waals surface area (Å²) in [6.45, 7) is 2.53. The minimum Gasteiger partial charge on any atom is -0.497 e. The largest absolute Gasteiger partial charge is 0.497 e. The van der Waals surface area contributed by atoms with Crippen LogP contribution in [-0.4, -0.2) is 18.6 Å². The molecular weight excluding hydrogens is 402 g/mol. The zero-order chi connectivity index (χ0) is 21.4. The third-order valence-electron chi connectivity index (χ3n) is 4.92. The fraction of sp³-hybridized carbons (Fsp3) is 0.190. The third-order valence-corrected chi connectivity index (χ3v) is 6.06. The Kier molecular flexibility index (Phi) is 4.82. The number of nitriles is 2. The molecule has 1 aliphatic heterocycles. The first kappa shape index (κ1) is 19.4. The summed E-state index contributed by atoms with van der Waals surface area (Å²) >= 11 is 1.30. The van der Waals surface area contributed by atoms with Gasteiger partial charge in [0.1, 0.15) is 34.0 Å². The van der Waals surface area contributed by atoms with Crippen LogP contribution in [0.5, 0.6) is 11.5 Å². The van der Waals surface area contributed by atoms with E-state index in [1.807, 2.05) is 6.92 Å². The summed E-state index contributed by atoms with van der Waals surface area (Å²) in [5, 5.41) is 23.1. The van der Waals surface area contributed by atoms with Gasteiger partial charge in [-0.2, -0.15) is 10.5 Å². The zero-order valence-electron chi connectivity index (χ0n) is 16.2. The van der Waals surface area contributed by atoms with Crippen molar-refractivity contribution in [2.24, 2.45) is 5.73 Å². The van der Waals surface area contributed by atoms with Crippen molar-refractivity contribution in [1.29, 1.82) is 10.5 Å². The molecule has 150 valence electrons. The van der Waals surface area contributed by atoms with Gasteiger partial charge in [-0.15, -0.1) is 11.3 Å². The lowest BCUT2D eigenvalue weighted by Crippen LogP contribution is -2.27. The molecule has 0 fully saturated rings. The van der Waals surface area contributed by atoms with E-state index in [4.69, 9.17) is 15.2 Å². The van der Waals surface area contributed by atoms with Crippen molar-refractivity contribution in [2.75, 3.05) is 19.0 Å². The Balaban J connectivity index is 2.03. The van der Waals surface area contributed by atoms with Crippen molar-refractivity contribution in [3.8, 4) is 23.6 Å². The molecule has 0 saturated heterocycles. The van der Waals surface area contributed by atoms with Gasteiger partial charge in [-0.1, -0.05) is 12.1 Å². The molecule has 0 saturated carbocycles. The summed E-state index contributed by atoms with van der Waals surface area (Å²) in [6.07, 6.45) is 0. The molecule has 1 atom stereocenters. The number of anilines is 1. The quantitative estimate of drug-likeness (QED) is 0.591. The molecule has 0 aliphatic carbocycles. The van der Waals surface area contributed by atoms with Gasteiger partial charge in [0.2, 0.25) is 5.88 Å². The van der Waals surface area contributed by atoms with Gasteiger partial charge in [0, 0.05) is 6.54 Å². The van der Waals surface area contributed by atoms with Gasteiger partial charge < -0.3 is 25.5 Å². The third kappa shape index (κ3) is 2.84. The Labute approximate surface area is 175 Å². The number of allylic oxidation sites excluding steroid dienone is 1. The number of benzene rings is 1. The van der Waals surface area contributed by atoms with E-state index < -0.39 is 11.5 Å². The lowest BCUT2D eigenvalue weighted by Gasteiger charge is -2.26. The van der Waals surface area contributed by atoms with Crippen molar-refractivity contribution >= 4 is 26.6 Å². The number of hydrogen-bond acceptors (Lipinski definition) is 8. The van der Waals surface area contributed by atoms with Crippen molar-refractivity contribution < 1.29 is 9.47 Å². The average molecular weight is 419 g/mol. The molecule has 4 rings (SSSR count). The Bertz CT molecular complexity index is 1320. The summed E-state index contributed by atoms with van der Waals surface area (Å²) in [7, 11) is 1.56. The molecule has 2 aromatic heterocycles. The predicted octanol–water partition coefficient (Wildman–Crippen LogP) is 3.12. The molecule has 0 bridgehead atoms. The summed E-state index contributed by atoms with van der Waals surface area (Å²) in [6, 6.07) is 11.3. The Morgan fingerprint density at radius 2 is 2.03 bits per heavy atom. The topological polar surface area (TPSA) is 137 Å². The number of rotatable bonds is 4.